The number of nitrogens with zero attached hydrogens (tertiary/aromatic N) is 1. The molecule has 3 rings (SSSR count). The van der Waals surface area contributed by atoms with E-state index in [1.165, 1.54) is 0 Å². The number of hydrogen-bond acceptors (Lipinski definition) is 5. The van der Waals surface area contributed by atoms with E-state index in [-0.39, 0.29) is 12.3 Å². The van der Waals surface area contributed by atoms with Crippen LogP contribution in [0.3, 0.4) is 0 Å². The molecule has 3 aromatic rings. The SMILES string of the molecule is Cc1ccc([C@H](O)CNS(=O)(=O)Cc2noc3ccccc23)cc1. The molecule has 0 radical (unpaired) electrons. The van der Waals surface area contributed by atoms with Gasteiger partial charge in [-0.15, -0.1) is 0 Å². The predicted molar refractivity (Wildman–Crippen MR) is 90.8 cm³/mol. The third-order valence-electron chi connectivity index (χ3n) is 3.74. The highest BCUT2D eigenvalue weighted by molar-refractivity contribution is 7.88. The summed E-state index contributed by atoms with van der Waals surface area (Å²) < 4.78 is 32.0. The molecule has 7 heteroatoms. The molecular formula is C17H18N2O4S. The molecular weight excluding hydrogens is 328 g/mol. The lowest BCUT2D eigenvalue weighted by molar-refractivity contribution is 0.182. The maximum absolute atomic E-state index is 12.2. The van der Waals surface area contributed by atoms with Gasteiger partial charge in [-0.05, 0) is 24.6 Å². The maximum atomic E-state index is 12.2. The Bertz CT molecular complexity index is 933. The van der Waals surface area contributed by atoms with Gasteiger partial charge in [-0.25, -0.2) is 13.1 Å². The summed E-state index contributed by atoms with van der Waals surface area (Å²) in [6.45, 7) is 1.85. The summed E-state index contributed by atoms with van der Waals surface area (Å²) >= 11 is 0. The van der Waals surface area contributed by atoms with E-state index in [0.29, 0.717) is 22.2 Å². The molecule has 0 fully saturated rings. The van der Waals surface area contributed by atoms with Crippen molar-refractivity contribution >= 4 is 21.0 Å². The highest BCUT2D eigenvalue weighted by Gasteiger charge is 2.19. The van der Waals surface area contributed by atoms with E-state index < -0.39 is 16.1 Å². The molecule has 0 saturated heterocycles. The molecule has 0 bridgehead atoms. The van der Waals surface area contributed by atoms with Crippen LogP contribution in [0.2, 0.25) is 0 Å². The maximum Gasteiger partial charge on any atom is 0.217 e. The predicted octanol–water partition coefficient (Wildman–Crippen LogP) is 2.29. The zero-order valence-corrected chi connectivity index (χ0v) is 14.0. The topological polar surface area (TPSA) is 92.4 Å². The molecule has 0 aliphatic heterocycles. The minimum absolute atomic E-state index is 0.0961. The first-order valence-electron chi connectivity index (χ1n) is 7.50. The van der Waals surface area contributed by atoms with E-state index in [0.717, 1.165) is 5.56 Å². The highest BCUT2D eigenvalue weighted by Crippen LogP contribution is 2.19. The Hall–Kier alpha value is -2.22. The third-order valence-corrected chi connectivity index (χ3v) is 5.00. The first kappa shape index (κ1) is 16.6. The van der Waals surface area contributed by atoms with Crippen molar-refractivity contribution in [2.45, 2.75) is 18.8 Å². The van der Waals surface area contributed by atoms with Crippen LogP contribution in [0.15, 0.2) is 53.1 Å². The number of sulfonamides is 1. The van der Waals surface area contributed by atoms with Crippen LogP contribution in [0, 0.1) is 6.92 Å². The van der Waals surface area contributed by atoms with Crippen molar-refractivity contribution in [3.05, 3.63) is 65.4 Å². The van der Waals surface area contributed by atoms with Gasteiger partial charge < -0.3 is 9.63 Å². The monoisotopic (exact) mass is 346 g/mol. The number of fused-ring (bicyclic) bond motifs is 1. The van der Waals surface area contributed by atoms with Crippen molar-refractivity contribution in [2.24, 2.45) is 0 Å². The second-order valence-corrected chi connectivity index (χ2v) is 7.47. The minimum Gasteiger partial charge on any atom is -0.387 e. The van der Waals surface area contributed by atoms with Gasteiger partial charge in [-0.1, -0.05) is 47.1 Å². The van der Waals surface area contributed by atoms with Gasteiger partial charge >= 0.3 is 0 Å². The molecule has 0 unspecified atom stereocenters. The average molecular weight is 346 g/mol. The summed E-state index contributed by atoms with van der Waals surface area (Å²) in [5, 5.41) is 14.6. The van der Waals surface area contributed by atoms with Gasteiger partial charge in [0.1, 0.15) is 11.4 Å². The lowest BCUT2D eigenvalue weighted by Gasteiger charge is -2.12. The van der Waals surface area contributed by atoms with Crippen LogP contribution >= 0.6 is 0 Å². The number of aliphatic hydroxyl groups is 1. The molecule has 6 nitrogen and oxygen atoms in total. The van der Waals surface area contributed by atoms with Crippen molar-refractivity contribution in [1.82, 2.24) is 9.88 Å². The number of aromatic nitrogens is 1. The fourth-order valence-electron chi connectivity index (χ4n) is 2.39. The van der Waals surface area contributed by atoms with Crippen LogP contribution in [0.5, 0.6) is 0 Å². The van der Waals surface area contributed by atoms with Crippen LogP contribution < -0.4 is 4.72 Å². The van der Waals surface area contributed by atoms with Gasteiger partial charge in [0.15, 0.2) is 5.58 Å². The molecule has 1 atom stereocenters. The van der Waals surface area contributed by atoms with Crippen LogP contribution in [0.25, 0.3) is 11.0 Å². The highest BCUT2D eigenvalue weighted by atomic mass is 32.2. The zero-order chi connectivity index (χ0) is 17.2. The molecule has 0 saturated carbocycles. The van der Waals surface area contributed by atoms with Gasteiger partial charge in [-0.2, -0.15) is 0 Å². The van der Waals surface area contributed by atoms with Crippen molar-refractivity contribution < 1.29 is 18.0 Å². The Morgan fingerprint density at radius 1 is 1.17 bits per heavy atom. The molecule has 2 aromatic carbocycles. The number of aliphatic hydroxyl groups excluding tert-OH is 1. The Morgan fingerprint density at radius 3 is 2.62 bits per heavy atom. The van der Waals surface area contributed by atoms with Crippen molar-refractivity contribution in [3.63, 3.8) is 0 Å². The van der Waals surface area contributed by atoms with E-state index in [1.807, 2.05) is 19.1 Å². The Balaban J connectivity index is 1.66. The van der Waals surface area contributed by atoms with Crippen molar-refractivity contribution in [2.75, 3.05) is 6.54 Å². The van der Waals surface area contributed by atoms with Gasteiger partial charge in [0.05, 0.1) is 6.10 Å². The molecule has 1 aromatic heterocycles. The quantitative estimate of drug-likeness (QED) is 0.714. The summed E-state index contributed by atoms with van der Waals surface area (Å²) in [5.41, 5.74) is 2.63. The lowest BCUT2D eigenvalue weighted by atomic mass is 10.1. The summed E-state index contributed by atoms with van der Waals surface area (Å²) in [7, 11) is -3.64. The van der Waals surface area contributed by atoms with Gasteiger partial charge in [0.2, 0.25) is 10.0 Å². The summed E-state index contributed by atoms with van der Waals surface area (Å²) in [5.74, 6) is -0.301. The fourth-order valence-corrected chi connectivity index (χ4v) is 3.47. The standard InChI is InChI=1S/C17H18N2O4S/c1-12-6-8-13(9-7-12)16(20)10-18-24(21,22)11-15-14-4-2-3-5-17(14)23-19-15/h2-9,16,18,20H,10-11H2,1H3/t16-/m1/s1. The van der Waals surface area contributed by atoms with E-state index in [4.69, 9.17) is 4.52 Å². The second kappa shape index (κ2) is 6.72. The Morgan fingerprint density at radius 2 is 1.88 bits per heavy atom. The smallest absolute Gasteiger partial charge is 0.217 e. The average Bonchev–Trinajstić information content (AvgIpc) is 2.96. The number of hydrogen-bond donors (Lipinski definition) is 2. The van der Waals surface area contributed by atoms with Crippen LogP contribution in [-0.2, 0) is 15.8 Å². The van der Waals surface area contributed by atoms with Crippen molar-refractivity contribution in [3.8, 4) is 0 Å². The number of benzene rings is 2. The van der Waals surface area contributed by atoms with E-state index in [1.54, 1.807) is 36.4 Å². The van der Waals surface area contributed by atoms with Crippen LogP contribution in [0.1, 0.15) is 22.9 Å². The molecule has 24 heavy (non-hydrogen) atoms. The van der Waals surface area contributed by atoms with E-state index in [2.05, 4.69) is 9.88 Å². The van der Waals surface area contributed by atoms with Crippen LogP contribution in [0.4, 0.5) is 0 Å². The lowest BCUT2D eigenvalue weighted by Crippen LogP contribution is -2.29. The fraction of sp³-hybridized carbons (Fsp3) is 0.235. The molecule has 0 spiro atoms. The summed E-state index contributed by atoms with van der Waals surface area (Å²) in [6, 6.07) is 14.4. The van der Waals surface area contributed by atoms with E-state index in [9.17, 15) is 13.5 Å². The number of nitrogens with one attached hydrogen (secondary N) is 1. The molecule has 2 N–H and O–H groups in total. The zero-order valence-electron chi connectivity index (χ0n) is 13.1. The van der Waals surface area contributed by atoms with Crippen molar-refractivity contribution in [1.29, 1.82) is 0 Å². The van der Waals surface area contributed by atoms with Gasteiger partial charge in [0.25, 0.3) is 0 Å². The van der Waals surface area contributed by atoms with Gasteiger partial charge in [0, 0.05) is 11.9 Å². The largest absolute Gasteiger partial charge is 0.387 e. The molecule has 0 aliphatic rings. The third kappa shape index (κ3) is 3.81. The molecule has 126 valence electrons. The van der Waals surface area contributed by atoms with E-state index >= 15 is 0 Å². The normalized spacial score (nSPS) is 13.2. The summed E-state index contributed by atoms with van der Waals surface area (Å²) in [4.78, 5) is 0. The Kier molecular flexibility index (Phi) is 4.66. The summed E-state index contributed by atoms with van der Waals surface area (Å²) in [6.07, 6.45) is -0.908. The Labute approximate surface area is 140 Å². The minimum atomic E-state index is -3.64. The van der Waals surface area contributed by atoms with Gasteiger partial charge in [-0.3, -0.25) is 0 Å². The molecule has 0 aliphatic carbocycles. The molecule has 0 amide bonds. The first-order chi connectivity index (χ1) is 11.4. The second-order valence-electron chi connectivity index (χ2n) is 5.66. The number of aryl methyl sites for hydroxylation is 1. The number of rotatable bonds is 6. The molecule has 1 heterocycles. The van der Waals surface area contributed by atoms with Crippen LogP contribution in [-0.4, -0.2) is 25.2 Å². The first-order valence-corrected chi connectivity index (χ1v) is 9.15. The number of para-hydroxylation sites is 1.